The van der Waals surface area contributed by atoms with Gasteiger partial charge in [-0.25, -0.2) is 0 Å². The summed E-state index contributed by atoms with van der Waals surface area (Å²) in [6.45, 7) is 3.27. The summed E-state index contributed by atoms with van der Waals surface area (Å²) in [4.78, 5) is 15.9. The first-order chi connectivity index (χ1) is 7.24. The minimum Gasteiger partial charge on any atom is -0.481 e. The van der Waals surface area contributed by atoms with Crippen LogP contribution >= 0.6 is 0 Å². The molecule has 1 fully saturated rings. The maximum Gasteiger partial charge on any atom is 0.309 e. The first kappa shape index (κ1) is 10.2. The van der Waals surface area contributed by atoms with E-state index in [1.165, 1.54) is 31.5 Å². The zero-order valence-electron chi connectivity index (χ0n) is 8.70. The van der Waals surface area contributed by atoms with Crippen molar-refractivity contribution in [2.24, 2.45) is 0 Å². The Morgan fingerprint density at radius 3 is 2.87 bits per heavy atom. The van der Waals surface area contributed by atoms with Crippen molar-refractivity contribution in [2.75, 3.05) is 13.1 Å². The topological polar surface area (TPSA) is 56.3 Å². The quantitative estimate of drug-likeness (QED) is 0.782. The summed E-state index contributed by atoms with van der Waals surface area (Å²) in [5.74, 6) is -0.787. The molecule has 15 heavy (non-hydrogen) atoms. The monoisotopic (exact) mass is 208 g/mol. The van der Waals surface area contributed by atoms with Crippen molar-refractivity contribution in [3.63, 3.8) is 0 Å². The van der Waals surface area contributed by atoms with Crippen molar-refractivity contribution in [1.29, 1.82) is 0 Å². The average molecular weight is 208 g/mol. The van der Waals surface area contributed by atoms with E-state index in [2.05, 4.69) is 9.88 Å². The summed E-state index contributed by atoms with van der Waals surface area (Å²) in [6.07, 6.45) is 4.56. The van der Waals surface area contributed by atoms with Crippen LogP contribution in [0.5, 0.6) is 0 Å². The second-order valence-electron chi connectivity index (χ2n) is 4.09. The van der Waals surface area contributed by atoms with Crippen molar-refractivity contribution >= 4 is 5.97 Å². The molecule has 1 aliphatic rings. The van der Waals surface area contributed by atoms with Crippen LogP contribution in [0.25, 0.3) is 0 Å². The van der Waals surface area contributed by atoms with Gasteiger partial charge >= 0.3 is 5.97 Å². The summed E-state index contributed by atoms with van der Waals surface area (Å²) < 4.78 is 0. The molecule has 1 saturated heterocycles. The van der Waals surface area contributed by atoms with Crippen LogP contribution in [-0.2, 0) is 17.8 Å². The van der Waals surface area contributed by atoms with Gasteiger partial charge in [0.05, 0.1) is 6.42 Å². The molecule has 1 aromatic rings. The smallest absolute Gasteiger partial charge is 0.309 e. The summed E-state index contributed by atoms with van der Waals surface area (Å²) in [6, 6.07) is 1.95. The maximum atomic E-state index is 10.5. The highest BCUT2D eigenvalue weighted by Crippen LogP contribution is 2.13. The van der Waals surface area contributed by atoms with E-state index in [9.17, 15) is 4.79 Å². The molecule has 4 nitrogen and oxygen atoms in total. The third-order valence-corrected chi connectivity index (χ3v) is 2.75. The van der Waals surface area contributed by atoms with Crippen LogP contribution in [0.15, 0.2) is 12.3 Å². The van der Waals surface area contributed by atoms with Gasteiger partial charge in [0.25, 0.3) is 0 Å². The Balaban J connectivity index is 1.91. The fourth-order valence-electron chi connectivity index (χ4n) is 2.05. The third-order valence-electron chi connectivity index (χ3n) is 2.75. The van der Waals surface area contributed by atoms with Gasteiger partial charge in [-0.3, -0.25) is 9.69 Å². The highest BCUT2D eigenvalue weighted by atomic mass is 16.4. The number of carboxylic acids is 1. The first-order valence-electron chi connectivity index (χ1n) is 5.34. The Kier molecular flexibility index (Phi) is 3.06. The summed E-state index contributed by atoms with van der Waals surface area (Å²) in [5.41, 5.74) is 1.98. The van der Waals surface area contributed by atoms with Crippen molar-refractivity contribution < 1.29 is 9.90 Å². The van der Waals surface area contributed by atoms with Gasteiger partial charge in [0.1, 0.15) is 0 Å². The Morgan fingerprint density at radius 1 is 1.47 bits per heavy atom. The van der Waals surface area contributed by atoms with E-state index in [0.717, 1.165) is 12.2 Å². The number of nitrogens with zero attached hydrogens (tertiary/aromatic N) is 1. The van der Waals surface area contributed by atoms with Crippen LogP contribution in [0, 0.1) is 0 Å². The third kappa shape index (κ3) is 2.83. The van der Waals surface area contributed by atoms with Gasteiger partial charge in [0, 0.05) is 18.4 Å². The van der Waals surface area contributed by atoms with Gasteiger partial charge < -0.3 is 10.1 Å². The second-order valence-corrected chi connectivity index (χ2v) is 4.09. The second kappa shape index (κ2) is 4.49. The maximum absolute atomic E-state index is 10.5. The van der Waals surface area contributed by atoms with E-state index in [1.807, 2.05) is 12.3 Å². The average Bonchev–Trinajstić information content (AvgIpc) is 2.77. The van der Waals surface area contributed by atoms with E-state index in [0.29, 0.717) is 0 Å². The molecule has 0 bridgehead atoms. The molecular formula is C11H16N2O2. The molecule has 4 heteroatoms. The fourth-order valence-corrected chi connectivity index (χ4v) is 2.05. The lowest BCUT2D eigenvalue weighted by Gasteiger charge is -2.12. The molecule has 1 aliphatic heterocycles. The van der Waals surface area contributed by atoms with E-state index in [1.54, 1.807) is 0 Å². The predicted molar refractivity (Wildman–Crippen MR) is 56.6 cm³/mol. The normalized spacial score (nSPS) is 17.1. The Hall–Kier alpha value is -1.29. The van der Waals surface area contributed by atoms with Crippen LogP contribution in [0.2, 0.25) is 0 Å². The van der Waals surface area contributed by atoms with E-state index in [-0.39, 0.29) is 6.42 Å². The van der Waals surface area contributed by atoms with Crippen LogP contribution in [-0.4, -0.2) is 34.0 Å². The number of carboxylic acid groups (broad SMARTS) is 1. The minimum absolute atomic E-state index is 0.0833. The van der Waals surface area contributed by atoms with Gasteiger partial charge in [0.15, 0.2) is 0 Å². The van der Waals surface area contributed by atoms with Crippen molar-refractivity contribution in [3.05, 3.63) is 23.5 Å². The van der Waals surface area contributed by atoms with E-state index >= 15 is 0 Å². The summed E-state index contributed by atoms with van der Waals surface area (Å²) in [7, 11) is 0. The molecule has 0 unspecified atom stereocenters. The fraction of sp³-hybridized carbons (Fsp3) is 0.545. The Morgan fingerprint density at radius 2 is 2.20 bits per heavy atom. The van der Waals surface area contributed by atoms with Crippen LogP contribution in [0.1, 0.15) is 24.1 Å². The molecule has 2 N–H and O–H groups in total. The number of nitrogens with one attached hydrogen (secondary N) is 1. The zero-order chi connectivity index (χ0) is 10.7. The number of aromatic nitrogens is 1. The lowest BCUT2D eigenvalue weighted by atomic mass is 10.2. The van der Waals surface area contributed by atoms with Crippen molar-refractivity contribution in [3.8, 4) is 0 Å². The minimum atomic E-state index is -0.787. The first-order valence-corrected chi connectivity index (χ1v) is 5.34. The molecule has 2 rings (SSSR count). The number of H-pyrrole nitrogens is 1. The molecule has 2 heterocycles. The molecule has 0 amide bonds. The molecule has 0 spiro atoms. The summed E-state index contributed by atoms with van der Waals surface area (Å²) >= 11 is 0. The van der Waals surface area contributed by atoms with E-state index in [4.69, 9.17) is 5.11 Å². The molecule has 1 aromatic heterocycles. The Labute approximate surface area is 88.9 Å². The van der Waals surface area contributed by atoms with Gasteiger partial charge in [-0.05, 0) is 37.6 Å². The van der Waals surface area contributed by atoms with Gasteiger partial charge in [-0.15, -0.1) is 0 Å². The SMILES string of the molecule is O=C(O)Cc1cc(CN2CCCC2)c[nH]1. The van der Waals surface area contributed by atoms with Gasteiger partial charge in [-0.1, -0.05) is 0 Å². The molecule has 0 radical (unpaired) electrons. The highest BCUT2D eigenvalue weighted by Gasteiger charge is 2.12. The molecule has 0 aromatic carbocycles. The van der Waals surface area contributed by atoms with E-state index < -0.39 is 5.97 Å². The number of aromatic amines is 1. The number of rotatable bonds is 4. The van der Waals surface area contributed by atoms with Crippen LogP contribution in [0.3, 0.4) is 0 Å². The number of hydrogen-bond acceptors (Lipinski definition) is 2. The number of likely N-dealkylation sites (tertiary alicyclic amines) is 1. The lowest BCUT2D eigenvalue weighted by molar-refractivity contribution is -0.136. The lowest BCUT2D eigenvalue weighted by Crippen LogP contribution is -2.17. The molecule has 0 atom stereocenters. The number of carbonyl (C=O) groups is 1. The Bertz CT molecular complexity index is 340. The standard InChI is InChI=1S/C11H16N2O2/c14-11(15)6-10-5-9(7-12-10)8-13-3-1-2-4-13/h5,7,12H,1-4,6,8H2,(H,14,15). The molecular weight excluding hydrogens is 192 g/mol. The molecule has 0 saturated carbocycles. The van der Waals surface area contributed by atoms with Crippen LogP contribution < -0.4 is 0 Å². The number of hydrogen-bond donors (Lipinski definition) is 2. The molecule has 0 aliphatic carbocycles. The summed E-state index contributed by atoms with van der Waals surface area (Å²) in [5, 5.41) is 8.63. The highest BCUT2D eigenvalue weighted by molar-refractivity contribution is 5.69. The number of aliphatic carboxylic acids is 1. The molecule has 82 valence electrons. The largest absolute Gasteiger partial charge is 0.481 e. The van der Waals surface area contributed by atoms with Crippen molar-refractivity contribution in [2.45, 2.75) is 25.8 Å². The van der Waals surface area contributed by atoms with Crippen molar-refractivity contribution in [1.82, 2.24) is 9.88 Å². The zero-order valence-corrected chi connectivity index (χ0v) is 8.70. The van der Waals surface area contributed by atoms with Crippen LogP contribution in [0.4, 0.5) is 0 Å². The van der Waals surface area contributed by atoms with Gasteiger partial charge in [-0.2, -0.15) is 0 Å². The predicted octanol–water partition coefficient (Wildman–Crippen LogP) is 1.24. The van der Waals surface area contributed by atoms with Gasteiger partial charge in [0.2, 0.25) is 0 Å².